The molecule has 0 aliphatic carbocycles. The number of halogens is 1. The van der Waals surface area contributed by atoms with E-state index in [0.717, 1.165) is 5.39 Å². The average Bonchev–Trinajstić information content (AvgIpc) is 3.49. The number of alkyl halides is 1. The molecule has 4 aromatic rings. The van der Waals surface area contributed by atoms with Crippen LogP contribution < -0.4 is 5.32 Å². The highest BCUT2D eigenvalue weighted by Crippen LogP contribution is 2.27. The molecular weight excluding hydrogens is 427 g/mol. The minimum atomic E-state index is -1.22. The van der Waals surface area contributed by atoms with Crippen LogP contribution in [0, 0.1) is 0 Å². The van der Waals surface area contributed by atoms with Gasteiger partial charge in [0.05, 0.1) is 35.5 Å². The third-order valence-electron chi connectivity index (χ3n) is 5.79. The van der Waals surface area contributed by atoms with E-state index in [2.05, 4.69) is 20.4 Å². The van der Waals surface area contributed by atoms with Gasteiger partial charge >= 0.3 is 0 Å². The first-order valence-electron chi connectivity index (χ1n) is 10.5. The fourth-order valence-corrected chi connectivity index (χ4v) is 3.86. The van der Waals surface area contributed by atoms with E-state index in [0.29, 0.717) is 48.5 Å². The lowest BCUT2D eigenvalue weighted by Gasteiger charge is -2.34. The molecule has 1 N–H and O–H groups in total. The lowest BCUT2D eigenvalue weighted by Crippen LogP contribution is -2.43. The summed E-state index contributed by atoms with van der Waals surface area (Å²) in [5, 5.41) is 7.02. The summed E-state index contributed by atoms with van der Waals surface area (Å²) in [5.74, 6) is -0.488. The van der Waals surface area contributed by atoms with Gasteiger partial charge in [0, 0.05) is 36.9 Å². The molecule has 1 fully saturated rings. The smallest absolute Gasteiger partial charge is 0.294 e. The van der Waals surface area contributed by atoms with Crippen LogP contribution in [0.3, 0.4) is 0 Å². The van der Waals surface area contributed by atoms with E-state index in [1.807, 2.05) is 16.8 Å². The molecule has 0 spiro atoms. The third kappa shape index (κ3) is 4.19. The molecular formula is C23H21FN6O3. The van der Waals surface area contributed by atoms with Gasteiger partial charge in [0.25, 0.3) is 11.8 Å². The van der Waals surface area contributed by atoms with Gasteiger partial charge < -0.3 is 14.7 Å². The zero-order valence-electron chi connectivity index (χ0n) is 17.9. The van der Waals surface area contributed by atoms with E-state index in [4.69, 9.17) is 4.52 Å². The van der Waals surface area contributed by atoms with Gasteiger partial charge in [-0.1, -0.05) is 5.16 Å². The summed E-state index contributed by atoms with van der Waals surface area (Å²) in [6.07, 6.45) is 8.58. The Balaban J connectivity index is 1.37. The number of fused-ring (bicyclic) bond motifs is 1. The van der Waals surface area contributed by atoms with Crippen molar-refractivity contribution in [2.24, 2.45) is 0 Å². The van der Waals surface area contributed by atoms with Crippen molar-refractivity contribution in [3.05, 3.63) is 66.6 Å². The third-order valence-corrected chi connectivity index (χ3v) is 5.79. The molecule has 9 nitrogen and oxygen atoms in total. The molecule has 0 unspecified atom stereocenters. The van der Waals surface area contributed by atoms with Gasteiger partial charge in [0.1, 0.15) is 11.3 Å². The second kappa shape index (κ2) is 8.12. The van der Waals surface area contributed by atoms with Gasteiger partial charge in [-0.05, 0) is 38.0 Å². The Morgan fingerprint density at radius 2 is 1.97 bits per heavy atom. The van der Waals surface area contributed by atoms with Gasteiger partial charge in [-0.2, -0.15) is 0 Å². The maximum atomic E-state index is 14.1. The number of pyridine rings is 2. The predicted octanol–water partition coefficient (Wildman–Crippen LogP) is 3.63. The van der Waals surface area contributed by atoms with E-state index in [1.165, 1.54) is 24.7 Å². The number of hydrogen-bond donors (Lipinski definition) is 1. The van der Waals surface area contributed by atoms with E-state index in [9.17, 15) is 14.0 Å². The Bertz CT molecular complexity index is 1320. The number of carbonyl (C=O) groups excluding carboxylic acids is 2. The minimum absolute atomic E-state index is 0.0931. The number of anilines is 1. The fourth-order valence-electron chi connectivity index (χ4n) is 3.86. The van der Waals surface area contributed by atoms with Crippen molar-refractivity contribution in [2.45, 2.75) is 25.4 Å². The number of aromatic nitrogens is 4. The first-order valence-corrected chi connectivity index (χ1v) is 10.5. The summed E-state index contributed by atoms with van der Waals surface area (Å²) < 4.78 is 20.7. The molecule has 0 saturated carbocycles. The Hall–Kier alpha value is -4.08. The van der Waals surface area contributed by atoms with E-state index in [-0.39, 0.29) is 11.7 Å². The Morgan fingerprint density at radius 1 is 1.15 bits per heavy atom. The number of rotatable bonds is 4. The van der Waals surface area contributed by atoms with E-state index >= 15 is 0 Å². The number of likely N-dealkylation sites (tertiary alicyclic amines) is 1. The molecule has 0 bridgehead atoms. The quantitative estimate of drug-likeness (QED) is 0.511. The van der Waals surface area contributed by atoms with E-state index < -0.39 is 11.6 Å². The largest absolute Gasteiger partial charge is 0.351 e. The molecule has 1 aliphatic rings. The van der Waals surface area contributed by atoms with Crippen LogP contribution in [-0.2, 0) is 0 Å². The van der Waals surface area contributed by atoms with Crippen LogP contribution in [0.15, 0.2) is 59.8 Å². The molecule has 2 amide bonds. The molecule has 0 aromatic carbocycles. The summed E-state index contributed by atoms with van der Waals surface area (Å²) >= 11 is 0. The lowest BCUT2D eigenvalue weighted by molar-refractivity contribution is 0.0503. The average molecular weight is 448 g/mol. The van der Waals surface area contributed by atoms with Crippen molar-refractivity contribution < 1.29 is 18.5 Å². The molecule has 1 aliphatic heterocycles. The maximum absolute atomic E-state index is 14.1. The monoisotopic (exact) mass is 448 g/mol. The van der Waals surface area contributed by atoms with Gasteiger partial charge in [0.15, 0.2) is 0 Å². The van der Waals surface area contributed by atoms with Gasteiger partial charge in [-0.15, -0.1) is 0 Å². The van der Waals surface area contributed by atoms with Crippen LogP contribution in [0.4, 0.5) is 10.1 Å². The van der Waals surface area contributed by atoms with Crippen LogP contribution >= 0.6 is 0 Å². The molecule has 5 heterocycles. The highest BCUT2D eigenvalue weighted by Gasteiger charge is 2.32. The summed E-state index contributed by atoms with van der Waals surface area (Å²) in [6, 6.07) is 6.86. The van der Waals surface area contributed by atoms with Crippen molar-refractivity contribution in [2.75, 3.05) is 18.4 Å². The number of piperidine rings is 1. The number of amides is 2. The summed E-state index contributed by atoms with van der Waals surface area (Å²) in [5.41, 5.74) is 1.06. The topological polar surface area (TPSA) is 106 Å². The predicted molar refractivity (Wildman–Crippen MR) is 118 cm³/mol. The van der Waals surface area contributed by atoms with Crippen molar-refractivity contribution in [1.29, 1.82) is 0 Å². The first kappa shape index (κ1) is 20.8. The van der Waals surface area contributed by atoms with Crippen LogP contribution in [0.1, 0.15) is 40.7 Å². The van der Waals surface area contributed by atoms with Crippen molar-refractivity contribution in [3.8, 4) is 5.69 Å². The lowest BCUT2D eigenvalue weighted by atomic mass is 9.95. The number of nitrogens with one attached hydrogen (secondary N) is 1. The second-order valence-electron chi connectivity index (χ2n) is 8.29. The number of nitrogens with zero attached hydrogens (tertiary/aromatic N) is 5. The molecule has 33 heavy (non-hydrogen) atoms. The Kier molecular flexibility index (Phi) is 5.12. The first-order chi connectivity index (χ1) is 15.9. The fraction of sp³-hybridized carbons (Fsp3) is 0.261. The number of carbonyl (C=O) groups is 2. The number of hydrogen-bond acceptors (Lipinski definition) is 6. The Labute approximate surface area is 188 Å². The summed E-state index contributed by atoms with van der Waals surface area (Å²) in [6.45, 7) is 2.36. The van der Waals surface area contributed by atoms with Crippen LogP contribution in [0.25, 0.3) is 16.7 Å². The van der Waals surface area contributed by atoms with Gasteiger partial charge in [-0.3, -0.25) is 19.1 Å². The SMILES string of the molecule is CC1(F)CCN(C(=O)c2cnc3c(ccn3-c3cncc(NC(=O)c4ccno4)c3)c2)CC1. The maximum Gasteiger partial charge on any atom is 0.294 e. The molecule has 1 saturated heterocycles. The second-order valence-corrected chi connectivity index (χ2v) is 8.29. The standard InChI is InChI=1S/C23H21FN6O3/c1-23(24)4-8-29(9-5-23)22(32)16-10-15-3-7-30(20(15)26-12-16)18-11-17(13-25-14-18)28-21(31)19-2-6-27-33-19/h2-3,6-7,10-14H,4-5,8-9H2,1H3,(H,28,31). The zero-order valence-corrected chi connectivity index (χ0v) is 17.9. The molecule has 4 aromatic heterocycles. The molecule has 5 rings (SSSR count). The molecule has 168 valence electrons. The van der Waals surface area contributed by atoms with Crippen molar-refractivity contribution in [3.63, 3.8) is 0 Å². The summed E-state index contributed by atoms with van der Waals surface area (Å²) in [7, 11) is 0. The van der Waals surface area contributed by atoms with Gasteiger partial charge in [-0.25, -0.2) is 9.37 Å². The van der Waals surface area contributed by atoms with Crippen LogP contribution in [-0.4, -0.2) is 55.2 Å². The molecule has 0 atom stereocenters. The molecule has 0 radical (unpaired) electrons. The van der Waals surface area contributed by atoms with Crippen LogP contribution in [0.5, 0.6) is 0 Å². The minimum Gasteiger partial charge on any atom is -0.351 e. The Morgan fingerprint density at radius 3 is 2.73 bits per heavy atom. The zero-order chi connectivity index (χ0) is 23.0. The van der Waals surface area contributed by atoms with Crippen LogP contribution in [0.2, 0.25) is 0 Å². The van der Waals surface area contributed by atoms with E-state index in [1.54, 1.807) is 30.2 Å². The summed E-state index contributed by atoms with van der Waals surface area (Å²) in [4.78, 5) is 35.4. The van der Waals surface area contributed by atoms with Gasteiger partial charge in [0.2, 0.25) is 5.76 Å². The van der Waals surface area contributed by atoms with Crippen molar-refractivity contribution >= 4 is 28.5 Å². The highest BCUT2D eigenvalue weighted by atomic mass is 19.1. The molecule has 10 heteroatoms. The highest BCUT2D eigenvalue weighted by molar-refractivity contribution is 6.02. The normalized spacial score (nSPS) is 15.5. The van der Waals surface area contributed by atoms with Crippen molar-refractivity contribution in [1.82, 2.24) is 24.6 Å².